The molecule has 0 radical (unpaired) electrons. The molecule has 2 aromatic rings. The highest BCUT2D eigenvalue weighted by Gasteiger charge is 2.37. The molecule has 1 aromatic carbocycles. The smallest absolute Gasteiger partial charge is 0.327 e. The molecular weight excluding hydrogens is 358 g/mol. The Hall–Kier alpha value is -3.00. The maximum atomic E-state index is 12.0. The number of aryl methyl sites for hydroxylation is 2. The summed E-state index contributed by atoms with van der Waals surface area (Å²) in [5, 5.41) is 12.7. The highest BCUT2D eigenvalue weighted by molar-refractivity contribution is 6.30. The van der Waals surface area contributed by atoms with Gasteiger partial charge < -0.3 is 5.11 Å². The first kappa shape index (κ1) is 17.8. The normalized spacial score (nSPS) is 18.7. The van der Waals surface area contributed by atoms with E-state index in [4.69, 9.17) is 11.6 Å². The van der Waals surface area contributed by atoms with E-state index < -0.39 is 17.9 Å². The lowest BCUT2D eigenvalue weighted by molar-refractivity contribution is -0.140. The number of aliphatic carboxylic acids is 1. The average molecular weight is 374 g/mol. The van der Waals surface area contributed by atoms with E-state index in [1.54, 1.807) is 44.2 Å². The van der Waals surface area contributed by atoms with E-state index >= 15 is 0 Å². The summed E-state index contributed by atoms with van der Waals surface area (Å²) in [6.07, 6.45) is -0.204. The summed E-state index contributed by atoms with van der Waals surface area (Å²) in [6.45, 7) is 3.60. The van der Waals surface area contributed by atoms with Crippen LogP contribution in [0.15, 0.2) is 35.3 Å². The fourth-order valence-electron chi connectivity index (χ4n) is 2.69. The maximum Gasteiger partial charge on any atom is 0.327 e. The van der Waals surface area contributed by atoms with Crippen LogP contribution in [0.3, 0.4) is 0 Å². The van der Waals surface area contributed by atoms with E-state index in [0.717, 1.165) is 0 Å². The number of nitrogens with one attached hydrogen (secondary N) is 1. The van der Waals surface area contributed by atoms with Gasteiger partial charge in [0, 0.05) is 22.1 Å². The third kappa shape index (κ3) is 3.80. The Morgan fingerprint density at radius 2 is 1.88 bits per heavy atom. The summed E-state index contributed by atoms with van der Waals surface area (Å²) in [5.74, 6) is -1.38. The number of rotatable bonds is 3. The van der Waals surface area contributed by atoms with Crippen molar-refractivity contribution in [3.8, 4) is 0 Å². The topological polar surface area (TPSA) is 108 Å². The van der Waals surface area contributed by atoms with Crippen molar-refractivity contribution >= 4 is 41.1 Å². The second kappa shape index (κ2) is 7.09. The summed E-state index contributed by atoms with van der Waals surface area (Å²) in [4.78, 5) is 37.9. The van der Waals surface area contributed by atoms with Crippen LogP contribution >= 0.6 is 11.6 Å². The summed E-state index contributed by atoms with van der Waals surface area (Å²) in [6, 6.07) is 7.28. The standard InChI is InChI=1S/C17H16ClN5O3/c1-9-7-10(2)20-16(19-9)22-17-21-14(24)8-13(15(25)26)23(17)12-5-3-11(18)4-6-12/h3-7,13H,8H2,1-2H3,(H,25,26)(H,19,20,21,22,24)/t13-/m0/s1. The molecule has 26 heavy (non-hydrogen) atoms. The van der Waals surface area contributed by atoms with Crippen LogP contribution in [-0.4, -0.2) is 39.0 Å². The van der Waals surface area contributed by atoms with Crippen molar-refractivity contribution in [1.82, 2.24) is 15.3 Å². The summed E-state index contributed by atoms with van der Waals surface area (Å²) in [7, 11) is 0. The Balaban J connectivity index is 2.11. The van der Waals surface area contributed by atoms with Crippen LogP contribution < -0.4 is 10.2 Å². The number of guanidine groups is 1. The Bertz CT molecular complexity index is 878. The minimum atomic E-state index is -1.14. The van der Waals surface area contributed by atoms with Crippen molar-refractivity contribution in [1.29, 1.82) is 0 Å². The van der Waals surface area contributed by atoms with E-state index in [1.807, 2.05) is 0 Å². The monoisotopic (exact) mass is 373 g/mol. The van der Waals surface area contributed by atoms with Gasteiger partial charge in [0.05, 0.1) is 6.42 Å². The predicted octanol–water partition coefficient (Wildman–Crippen LogP) is 2.21. The number of halogens is 1. The number of carbonyl (C=O) groups excluding carboxylic acids is 1. The summed E-state index contributed by atoms with van der Waals surface area (Å²) >= 11 is 5.92. The highest BCUT2D eigenvalue weighted by atomic mass is 35.5. The van der Waals surface area contributed by atoms with Gasteiger partial charge in [0.25, 0.3) is 5.95 Å². The first-order valence-corrected chi connectivity index (χ1v) is 8.20. The van der Waals surface area contributed by atoms with Gasteiger partial charge in [0.1, 0.15) is 6.04 Å². The number of carboxylic acids is 1. The van der Waals surface area contributed by atoms with Gasteiger partial charge in [-0.1, -0.05) is 11.6 Å². The summed E-state index contributed by atoms with van der Waals surface area (Å²) < 4.78 is 0. The zero-order chi connectivity index (χ0) is 18.8. The van der Waals surface area contributed by atoms with E-state index in [0.29, 0.717) is 22.1 Å². The van der Waals surface area contributed by atoms with Crippen LogP contribution in [0, 0.1) is 13.8 Å². The molecule has 1 saturated heterocycles. The van der Waals surface area contributed by atoms with Crippen LogP contribution in [0.4, 0.5) is 11.6 Å². The number of carbonyl (C=O) groups is 2. The Labute approximate surface area is 154 Å². The maximum absolute atomic E-state index is 12.0. The molecule has 2 heterocycles. The number of carboxylic acid groups (broad SMARTS) is 1. The molecule has 1 aromatic heterocycles. The molecule has 2 N–H and O–H groups in total. The van der Waals surface area contributed by atoms with Gasteiger partial charge in [0.2, 0.25) is 11.9 Å². The van der Waals surface area contributed by atoms with E-state index in [2.05, 4.69) is 20.3 Å². The molecule has 0 spiro atoms. The van der Waals surface area contributed by atoms with E-state index in [1.165, 1.54) is 4.90 Å². The lowest BCUT2D eigenvalue weighted by atomic mass is 10.1. The molecule has 1 aliphatic heterocycles. The predicted molar refractivity (Wildman–Crippen MR) is 96.7 cm³/mol. The SMILES string of the molecule is Cc1cc(C)nc(/N=C2\NC(=O)C[C@@H](C(=O)O)N2c2ccc(Cl)cc2)n1. The third-order valence-corrected chi connectivity index (χ3v) is 3.99. The Kier molecular flexibility index (Phi) is 4.85. The largest absolute Gasteiger partial charge is 0.480 e. The second-order valence-electron chi connectivity index (χ2n) is 5.84. The molecule has 8 nitrogen and oxygen atoms in total. The number of anilines is 1. The molecule has 0 bridgehead atoms. The lowest BCUT2D eigenvalue weighted by Gasteiger charge is -2.35. The van der Waals surface area contributed by atoms with Crippen LogP contribution in [0.2, 0.25) is 5.02 Å². The molecule has 1 atom stereocenters. The van der Waals surface area contributed by atoms with Gasteiger partial charge in [-0.05, 0) is 44.2 Å². The average Bonchev–Trinajstić information content (AvgIpc) is 2.54. The van der Waals surface area contributed by atoms with E-state index in [9.17, 15) is 14.7 Å². The first-order chi connectivity index (χ1) is 12.3. The fraction of sp³-hybridized carbons (Fsp3) is 0.235. The number of amides is 1. The molecule has 1 aliphatic rings. The number of aliphatic imine (C=N–C) groups is 1. The van der Waals surface area contributed by atoms with Gasteiger partial charge in [-0.25, -0.2) is 14.8 Å². The van der Waals surface area contributed by atoms with Crippen LogP contribution in [0.5, 0.6) is 0 Å². The first-order valence-electron chi connectivity index (χ1n) is 7.82. The molecule has 134 valence electrons. The van der Waals surface area contributed by atoms with Crippen LogP contribution in [0.1, 0.15) is 17.8 Å². The number of benzene rings is 1. The molecule has 0 saturated carbocycles. The van der Waals surface area contributed by atoms with Gasteiger partial charge in [-0.3, -0.25) is 15.0 Å². The van der Waals surface area contributed by atoms with Crippen molar-refractivity contribution in [2.75, 3.05) is 4.90 Å². The van der Waals surface area contributed by atoms with E-state index in [-0.39, 0.29) is 18.3 Å². The lowest BCUT2D eigenvalue weighted by Crippen LogP contribution is -2.58. The number of nitrogens with zero attached hydrogens (tertiary/aromatic N) is 4. The Morgan fingerprint density at radius 1 is 1.27 bits per heavy atom. The number of hydrogen-bond donors (Lipinski definition) is 2. The molecule has 3 rings (SSSR count). The molecule has 1 amide bonds. The molecular formula is C17H16ClN5O3. The minimum absolute atomic E-state index is 0.0565. The summed E-state index contributed by atoms with van der Waals surface area (Å²) in [5.41, 5.74) is 1.96. The third-order valence-electron chi connectivity index (χ3n) is 3.74. The van der Waals surface area contributed by atoms with Crippen molar-refractivity contribution in [3.05, 3.63) is 46.7 Å². The molecule has 0 unspecified atom stereocenters. The molecule has 1 fully saturated rings. The van der Waals surface area contributed by atoms with Crippen molar-refractivity contribution in [2.45, 2.75) is 26.3 Å². The van der Waals surface area contributed by atoms with Crippen molar-refractivity contribution in [3.63, 3.8) is 0 Å². The van der Waals surface area contributed by atoms with Gasteiger partial charge in [-0.15, -0.1) is 0 Å². The zero-order valence-electron chi connectivity index (χ0n) is 14.1. The van der Waals surface area contributed by atoms with Gasteiger partial charge in [0.15, 0.2) is 0 Å². The van der Waals surface area contributed by atoms with Crippen LogP contribution in [0.25, 0.3) is 0 Å². The second-order valence-corrected chi connectivity index (χ2v) is 6.28. The van der Waals surface area contributed by atoms with Gasteiger partial charge in [-0.2, -0.15) is 4.99 Å². The molecule has 9 heteroatoms. The minimum Gasteiger partial charge on any atom is -0.480 e. The highest BCUT2D eigenvalue weighted by Crippen LogP contribution is 2.25. The molecule has 0 aliphatic carbocycles. The fourth-order valence-corrected chi connectivity index (χ4v) is 2.81. The Morgan fingerprint density at radius 3 is 2.46 bits per heavy atom. The quantitative estimate of drug-likeness (QED) is 0.854. The van der Waals surface area contributed by atoms with Gasteiger partial charge >= 0.3 is 5.97 Å². The van der Waals surface area contributed by atoms with Crippen molar-refractivity contribution in [2.24, 2.45) is 4.99 Å². The van der Waals surface area contributed by atoms with Crippen molar-refractivity contribution < 1.29 is 14.7 Å². The number of hydrogen-bond acceptors (Lipinski definition) is 5. The van der Waals surface area contributed by atoms with Crippen LogP contribution in [-0.2, 0) is 9.59 Å². The number of aromatic nitrogens is 2. The zero-order valence-corrected chi connectivity index (χ0v) is 14.9.